The van der Waals surface area contributed by atoms with E-state index >= 15 is 0 Å². The fourth-order valence-corrected chi connectivity index (χ4v) is 1.41. The Morgan fingerprint density at radius 3 is 2.47 bits per heavy atom. The first-order chi connectivity index (χ1) is 7.92. The SMILES string of the molecule is O=C(OCc1ccccc1)S(=O)(=O)N[N+](=O)[O-]. The third kappa shape index (κ3) is 4.07. The molecule has 0 heterocycles. The van der Waals surface area contributed by atoms with Crippen LogP contribution in [0.5, 0.6) is 0 Å². The Morgan fingerprint density at radius 1 is 1.35 bits per heavy atom. The molecule has 0 aliphatic carbocycles. The summed E-state index contributed by atoms with van der Waals surface area (Å²) in [5, 5.41) is 6.86. The molecule has 0 bridgehead atoms. The van der Waals surface area contributed by atoms with Crippen molar-refractivity contribution in [2.24, 2.45) is 0 Å². The molecule has 0 radical (unpaired) electrons. The Bertz CT molecular complexity index is 512. The highest BCUT2D eigenvalue weighted by Gasteiger charge is 2.28. The summed E-state index contributed by atoms with van der Waals surface area (Å²) in [5.41, 5.74) is 0.567. The summed E-state index contributed by atoms with van der Waals surface area (Å²) in [7, 11) is -4.74. The molecule has 1 rings (SSSR count). The number of hydrogen-bond acceptors (Lipinski definition) is 6. The van der Waals surface area contributed by atoms with Crippen molar-refractivity contribution in [2.75, 3.05) is 0 Å². The van der Waals surface area contributed by atoms with Gasteiger partial charge < -0.3 is 4.74 Å². The minimum atomic E-state index is -4.74. The molecule has 1 N–H and O–H groups in total. The third-order valence-corrected chi connectivity index (χ3v) is 2.56. The fraction of sp³-hybridized carbons (Fsp3) is 0.125. The van der Waals surface area contributed by atoms with E-state index in [1.54, 1.807) is 30.3 Å². The van der Waals surface area contributed by atoms with Crippen LogP contribution in [-0.2, 0) is 21.4 Å². The Labute approximate surface area is 96.4 Å². The van der Waals surface area contributed by atoms with E-state index in [9.17, 15) is 23.3 Å². The van der Waals surface area contributed by atoms with Crippen molar-refractivity contribution in [3.05, 3.63) is 46.0 Å². The quantitative estimate of drug-likeness (QED) is 0.477. The van der Waals surface area contributed by atoms with Crippen molar-refractivity contribution in [1.29, 1.82) is 0 Å². The average molecular weight is 260 g/mol. The maximum Gasteiger partial charge on any atom is 0.450 e. The number of nitro groups is 1. The number of carbonyl (C=O) groups excluding carboxylic acids is 1. The lowest BCUT2D eigenvalue weighted by Crippen LogP contribution is -2.35. The van der Waals surface area contributed by atoms with Crippen molar-refractivity contribution < 1.29 is 23.0 Å². The number of rotatable bonds is 4. The molecule has 0 unspecified atom stereocenters. The average Bonchev–Trinajstić information content (AvgIpc) is 2.25. The maximum atomic E-state index is 11.0. The molecule has 0 fully saturated rings. The molecular weight excluding hydrogens is 252 g/mol. The smallest absolute Gasteiger partial charge is 0.448 e. The molecule has 92 valence electrons. The summed E-state index contributed by atoms with van der Waals surface area (Å²) in [6.07, 6.45) is 0. The zero-order valence-corrected chi connectivity index (χ0v) is 9.22. The second-order valence-electron chi connectivity index (χ2n) is 2.88. The van der Waals surface area contributed by atoms with Crippen molar-refractivity contribution in [3.63, 3.8) is 0 Å². The van der Waals surface area contributed by atoms with E-state index in [1.807, 2.05) is 0 Å². The summed E-state index contributed by atoms with van der Waals surface area (Å²) < 4.78 is 26.3. The number of ether oxygens (including phenoxy) is 1. The van der Waals surface area contributed by atoms with Crippen molar-refractivity contribution in [1.82, 2.24) is 4.83 Å². The normalized spacial score (nSPS) is 10.6. The molecule has 0 aliphatic rings. The lowest BCUT2D eigenvalue weighted by molar-refractivity contribution is -0.518. The van der Waals surface area contributed by atoms with E-state index in [0.717, 1.165) is 4.83 Å². The zero-order valence-electron chi connectivity index (χ0n) is 8.40. The summed E-state index contributed by atoms with van der Waals surface area (Å²) in [4.78, 5) is 21.8. The van der Waals surface area contributed by atoms with Crippen molar-refractivity contribution >= 4 is 15.3 Å². The summed E-state index contributed by atoms with van der Waals surface area (Å²) >= 11 is 0. The standard InChI is InChI=1S/C8H8N2O6S/c11-8(17(14,15)9-10(12)13)16-6-7-4-2-1-3-5-7/h1-5,9H,6H2. The minimum Gasteiger partial charge on any atom is -0.448 e. The number of hydrogen-bond donors (Lipinski definition) is 1. The van der Waals surface area contributed by atoms with Gasteiger partial charge in [0, 0.05) is 0 Å². The van der Waals surface area contributed by atoms with Crippen LogP contribution < -0.4 is 4.83 Å². The van der Waals surface area contributed by atoms with E-state index in [4.69, 9.17) is 0 Å². The third-order valence-electron chi connectivity index (χ3n) is 1.61. The van der Waals surface area contributed by atoms with Gasteiger partial charge in [0.05, 0.1) is 0 Å². The van der Waals surface area contributed by atoms with E-state index < -0.39 is 20.4 Å². The topological polar surface area (TPSA) is 116 Å². The molecule has 17 heavy (non-hydrogen) atoms. The Balaban J connectivity index is 2.59. The number of sulfonamides is 1. The number of nitrogens with one attached hydrogen (secondary N) is 1. The molecule has 0 saturated carbocycles. The van der Waals surface area contributed by atoms with Crippen LogP contribution in [0.15, 0.2) is 30.3 Å². The molecular formula is C8H8N2O6S. The lowest BCUT2D eigenvalue weighted by Gasteiger charge is -2.03. The predicted molar refractivity (Wildman–Crippen MR) is 55.7 cm³/mol. The number of hydrazine groups is 1. The molecule has 8 nitrogen and oxygen atoms in total. The van der Waals surface area contributed by atoms with Crippen LogP contribution >= 0.6 is 0 Å². The van der Waals surface area contributed by atoms with Gasteiger partial charge in [-0.05, 0) is 10.4 Å². The lowest BCUT2D eigenvalue weighted by atomic mass is 10.2. The largest absolute Gasteiger partial charge is 0.450 e. The highest BCUT2D eigenvalue weighted by molar-refractivity contribution is 8.03. The zero-order chi connectivity index (χ0) is 12.9. The molecule has 0 spiro atoms. The highest BCUT2D eigenvalue weighted by Crippen LogP contribution is 2.03. The van der Waals surface area contributed by atoms with Gasteiger partial charge in [0.15, 0.2) is 5.03 Å². The Hall–Kier alpha value is -2.16. The van der Waals surface area contributed by atoms with Gasteiger partial charge in [0.2, 0.25) is 0 Å². The summed E-state index contributed by atoms with van der Waals surface area (Å²) in [5.74, 6) is 0. The monoisotopic (exact) mass is 260 g/mol. The van der Waals surface area contributed by atoms with Crippen LogP contribution in [0.1, 0.15) is 5.56 Å². The molecule has 0 aromatic heterocycles. The first kappa shape index (κ1) is 12.9. The molecule has 1 aromatic carbocycles. The maximum absolute atomic E-state index is 11.0. The fourth-order valence-electron chi connectivity index (χ4n) is 0.929. The van der Waals surface area contributed by atoms with E-state index in [1.165, 1.54) is 0 Å². The van der Waals surface area contributed by atoms with E-state index in [2.05, 4.69) is 4.74 Å². The van der Waals surface area contributed by atoms with Gasteiger partial charge >= 0.3 is 15.3 Å². The van der Waals surface area contributed by atoms with Gasteiger partial charge in [0.25, 0.3) is 0 Å². The van der Waals surface area contributed by atoms with Gasteiger partial charge in [0.1, 0.15) is 6.61 Å². The Kier molecular flexibility index (Phi) is 3.99. The van der Waals surface area contributed by atoms with Gasteiger partial charge in [-0.3, -0.25) is 0 Å². The Morgan fingerprint density at radius 2 is 1.94 bits per heavy atom. The summed E-state index contributed by atoms with van der Waals surface area (Å²) in [6.45, 7) is -0.279. The van der Waals surface area contributed by atoms with Crippen LogP contribution in [0.3, 0.4) is 0 Å². The summed E-state index contributed by atoms with van der Waals surface area (Å²) in [6, 6.07) is 8.30. The number of benzene rings is 1. The van der Waals surface area contributed by atoms with Crippen LogP contribution in [0, 0.1) is 10.1 Å². The van der Waals surface area contributed by atoms with Crippen molar-refractivity contribution in [3.8, 4) is 0 Å². The molecule has 1 aromatic rings. The molecule has 0 aliphatic heterocycles. The molecule has 0 amide bonds. The van der Waals surface area contributed by atoms with Crippen molar-refractivity contribution in [2.45, 2.75) is 6.61 Å². The molecule has 9 heteroatoms. The second-order valence-corrected chi connectivity index (χ2v) is 4.40. The van der Waals surface area contributed by atoms with E-state index in [-0.39, 0.29) is 6.61 Å². The first-order valence-electron chi connectivity index (χ1n) is 4.29. The molecule has 0 atom stereocenters. The second kappa shape index (κ2) is 5.25. The van der Waals surface area contributed by atoms with Gasteiger partial charge in [-0.2, -0.15) is 8.42 Å². The van der Waals surface area contributed by atoms with Gasteiger partial charge in [-0.15, -0.1) is 0 Å². The van der Waals surface area contributed by atoms with Gasteiger partial charge in [-0.25, -0.2) is 14.9 Å². The number of nitrogens with zero attached hydrogens (tertiary/aromatic N) is 1. The number of carbonyl (C=O) groups is 1. The van der Waals surface area contributed by atoms with Crippen LogP contribution in [0.2, 0.25) is 0 Å². The minimum absolute atomic E-state index is 0.279. The van der Waals surface area contributed by atoms with Crippen LogP contribution in [0.25, 0.3) is 0 Å². The highest BCUT2D eigenvalue weighted by atomic mass is 32.2. The predicted octanol–water partition coefficient (Wildman–Crippen LogP) is 0.434. The van der Waals surface area contributed by atoms with Crippen LogP contribution in [0.4, 0.5) is 4.79 Å². The van der Waals surface area contributed by atoms with Crippen LogP contribution in [-0.4, -0.2) is 18.8 Å². The van der Waals surface area contributed by atoms with E-state index in [0.29, 0.717) is 5.56 Å². The first-order valence-corrected chi connectivity index (χ1v) is 5.77. The van der Waals surface area contributed by atoms with Gasteiger partial charge in [-0.1, -0.05) is 30.3 Å². The molecule has 0 saturated heterocycles.